The molecular formula is C36H39N3O5. The van der Waals surface area contributed by atoms with Crippen LogP contribution in [0.4, 0.5) is 4.79 Å². The molecule has 44 heavy (non-hydrogen) atoms. The maximum Gasteiger partial charge on any atom is 0.410 e. The van der Waals surface area contributed by atoms with E-state index < -0.39 is 5.60 Å². The fraction of sp³-hybridized carbons (Fsp3) is 0.389. The van der Waals surface area contributed by atoms with Crippen molar-refractivity contribution in [3.8, 4) is 0 Å². The Kier molecular flexibility index (Phi) is 8.62. The van der Waals surface area contributed by atoms with Crippen LogP contribution in [0, 0.1) is 5.92 Å². The normalized spacial score (nSPS) is 18.8. The third-order valence-corrected chi connectivity index (χ3v) is 9.36. The fourth-order valence-electron chi connectivity index (χ4n) is 6.64. The molecule has 2 amide bonds. The van der Waals surface area contributed by atoms with Crippen LogP contribution in [-0.4, -0.2) is 76.6 Å². The van der Waals surface area contributed by atoms with E-state index in [-0.39, 0.29) is 29.5 Å². The van der Waals surface area contributed by atoms with Crippen LogP contribution in [0.25, 0.3) is 0 Å². The van der Waals surface area contributed by atoms with E-state index in [9.17, 15) is 19.2 Å². The predicted molar refractivity (Wildman–Crippen MR) is 166 cm³/mol. The quantitative estimate of drug-likeness (QED) is 0.316. The number of ether oxygens (including phenoxy) is 1. The molecule has 3 fully saturated rings. The van der Waals surface area contributed by atoms with Gasteiger partial charge in [-0.05, 0) is 43.0 Å². The number of amides is 2. The number of piperidine rings is 2. The van der Waals surface area contributed by atoms with Crippen LogP contribution in [0.1, 0.15) is 74.8 Å². The van der Waals surface area contributed by atoms with Gasteiger partial charge in [-0.2, -0.15) is 0 Å². The van der Waals surface area contributed by atoms with Crippen molar-refractivity contribution in [2.24, 2.45) is 5.92 Å². The Morgan fingerprint density at radius 2 is 1.34 bits per heavy atom. The number of rotatable bonds is 8. The van der Waals surface area contributed by atoms with E-state index in [0.717, 1.165) is 49.2 Å². The molecule has 3 saturated heterocycles. The van der Waals surface area contributed by atoms with Crippen LogP contribution in [0.3, 0.4) is 0 Å². The number of carbonyl (C=O) groups excluding carboxylic acids is 4. The van der Waals surface area contributed by atoms with E-state index in [0.29, 0.717) is 44.6 Å². The van der Waals surface area contributed by atoms with E-state index in [4.69, 9.17) is 4.74 Å². The highest BCUT2D eigenvalue weighted by Gasteiger charge is 2.46. The Hall–Kier alpha value is -4.30. The average Bonchev–Trinajstić information content (AvgIpc) is 3.36. The third-order valence-electron chi connectivity index (χ3n) is 9.36. The van der Waals surface area contributed by atoms with Crippen molar-refractivity contribution in [3.05, 3.63) is 107 Å². The van der Waals surface area contributed by atoms with Gasteiger partial charge < -0.3 is 9.64 Å². The van der Waals surface area contributed by atoms with Crippen molar-refractivity contribution < 1.29 is 23.9 Å². The summed E-state index contributed by atoms with van der Waals surface area (Å²) >= 11 is 0. The second-order valence-corrected chi connectivity index (χ2v) is 12.4. The Bertz CT molecular complexity index is 1500. The summed E-state index contributed by atoms with van der Waals surface area (Å²) in [5, 5.41) is 0. The minimum Gasteiger partial charge on any atom is -0.441 e. The van der Waals surface area contributed by atoms with Crippen LogP contribution in [0.2, 0.25) is 0 Å². The first kappa shape index (κ1) is 29.8. The Balaban J connectivity index is 0.974. The van der Waals surface area contributed by atoms with Gasteiger partial charge in [0, 0.05) is 74.7 Å². The molecule has 0 N–H and O–H groups in total. The molecule has 3 aliphatic heterocycles. The summed E-state index contributed by atoms with van der Waals surface area (Å²) in [5.74, 6) is 0.152. The first-order chi connectivity index (χ1) is 21.3. The van der Waals surface area contributed by atoms with Crippen LogP contribution in [0.5, 0.6) is 0 Å². The van der Waals surface area contributed by atoms with Crippen molar-refractivity contribution in [1.29, 1.82) is 0 Å². The average molecular weight is 594 g/mol. The van der Waals surface area contributed by atoms with Gasteiger partial charge in [0.1, 0.15) is 5.60 Å². The summed E-state index contributed by atoms with van der Waals surface area (Å²) in [7, 11) is 0. The number of nitrogens with zero attached hydrogens (tertiary/aromatic N) is 3. The standard InChI is InChI=1S/C36H39N3O5/c1-26(40)29-11-7-27(8-12-29)23-37-21-17-36(18-22-37)25-39(35(43)44-36)24-28-9-13-32(14-10-28)34(42)38-19-15-31(16-20-38)33(41)30-5-3-2-4-6-30/h2-14,31H,15-25H2,1H3. The lowest BCUT2D eigenvalue weighted by molar-refractivity contribution is -0.00126. The second-order valence-electron chi connectivity index (χ2n) is 12.4. The number of likely N-dealkylation sites (tertiary alicyclic amines) is 2. The van der Waals surface area contributed by atoms with Gasteiger partial charge in [-0.1, -0.05) is 66.7 Å². The highest BCUT2D eigenvalue weighted by atomic mass is 16.6. The number of carbonyl (C=O) groups is 4. The Morgan fingerprint density at radius 1 is 0.750 bits per heavy atom. The fourth-order valence-corrected chi connectivity index (χ4v) is 6.64. The lowest BCUT2D eigenvalue weighted by Crippen LogP contribution is -2.46. The molecule has 8 nitrogen and oxygen atoms in total. The van der Waals surface area contributed by atoms with Gasteiger partial charge in [-0.25, -0.2) is 4.79 Å². The van der Waals surface area contributed by atoms with Gasteiger partial charge in [-0.15, -0.1) is 0 Å². The molecule has 3 heterocycles. The molecule has 0 aromatic heterocycles. The topological polar surface area (TPSA) is 87.2 Å². The molecule has 0 radical (unpaired) electrons. The third kappa shape index (κ3) is 6.60. The van der Waals surface area contributed by atoms with Crippen molar-refractivity contribution >= 4 is 23.6 Å². The lowest BCUT2D eigenvalue weighted by atomic mass is 9.88. The van der Waals surface area contributed by atoms with Crippen LogP contribution >= 0.6 is 0 Å². The number of hydrogen-bond acceptors (Lipinski definition) is 6. The summed E-state index contributed by atoms with van der Waals surface area (Å²) in [6, 6.07) is 24.6. The summed E-state index contributed by atoms with van der Waals surface area (Å²) in [4.78, 5) is 56.3. The predicted octanol–water partition coefficient (Wildman–Crippen LogP) is 5.61. The van der Waals surface area contributed by atoms with Gasteiger partial charge in [0.05, 0.1) is 6.54 Å². The molecule has 3 aliphatic rings. The van der Waals surface area contributed by atoms with Crippen molar-refractivity contribution in [2.45, 2.75) is 51.3 Å². The van der Waals surface area contributed by atoms with Gasteiger partial charge >= 0.3 is 6.09 Å². The van der Waals surface area contributed by atoms with E-state index in [1.54, 1.807) is 11.8 Å². The lowest BCUT2D eigenvalue weighted by Gasteiger charge is -2.37. The van der Waals surface area contributed by atoms with Crippen molar-refractivity contribution in [1.82, 2.24) is 14.7 Å². The molecule has 228 valence electrons. The first-order valence-electron chi connectivity index (χ1n) is 15.6. The monoisotopic (exact) mass is 593 g/mol. The minimum absolute atomic E-state index is 0.0248. The van der Waals surface area contributed by atoms with E-state index >= 15 is 0 Å². The van der Waals surface area contributed by atoms with Crippen molar-refractivity contribution in [2.75, 3.05) is 32.7 Å². The van der Waals surface area contributed by atoms with Gasteiger partial charge in [0.25, 0.3) is 5.91 Å². The van der Waals surface area contributed by atoms with Crippen LogP contribution in [-0.2, 0) is 17.8 Å². The smallest absolute Gasteiger partial charge is 0.410 e. The van der Waals surface area contributed by atoms with Gasteiger partial charge in [-0.3, -0.25) is 24.2 Å². The molecule has 0 aliphatic carbocycles. The summed E-state index contributed by atoms with van der Waals surface area (Å²) in [6.45, 7) is 6.18. The Morgan fingerprint density at radius 3 is 1.95 bits per heavy atom. The molecular weight excluding hydrogens is 554 g/mol. The zero-order valence-corrected chi connectivity index (χ0v) is 25.2. The number of ketones is 2. The highest BCUT2D eigenvalue weighted by molar-refractivity contribution is 5.98. The maximum atomic E-state index is 13.2. The van der Waals surface area contributed by atoms with Crippen LogP contribution in [0.15, 0.2) is 78.9 Å². The zero-order chi connectivity index (χ0) is 30.7. The SMILES string of the molecule is CC(=O)c1ccc(CN2CCC3(CC2)CN(Cc2ccc(C(=O)N4CCC(C(=O)c5ccccc5)CC4)cc2)C(=O)O3)cc1. The number of hydrogen-bond donors (Lipinski definition) is 0. The summed E-state index contributed by atoms with van der Waals surface area (Å²) < 4.78 is 5.95. The molecule has 0 unspecified atom stereocenters. The largest absolute Gasteiger partial charge is 0.441 e. The van der Waals surface area contributed by atoms with E-state index in [2.05, 4.69) is 4.90 Å². The molecule has 0 saturated carbocycles. The molecule has 3 aromatic carbocycles. The summed E-state index contributed by atoms with van der Waals surface area (Å²) in [5.41, 5.74) is 3.73. The highest BCUT2D eigenvalue weighted by Crippen LogP contribution is 2.34. The Labute approximate surface area is 258 Å². The van der Waals surface area contributed by atoms with Gasteiger partial charge in [0.2, 0.25) is 0 Å². The number of Topliss-reactive ketones (excluding diaryl/α,β-unsaturated/α-hetero) is 2. The molecule has 6 rings (SSSR count). The first-order valence-corrected chi connectivity index (χ1v) is 15.6. The van der Waals surface area contributed by atoms with Gasteiger partial charge in [0.15, 0.2) is 11.6 Å². The van der Waals surface area contributed by atoms with E-state index in [1.807, 2.05) is 83.8 Å². The van der Waals surface area contributed by atoms with Crippen LogP contribution < -0.4 is 0 Å². The minimum atomic E-state index is -0.462. The van der Waals surface area contributed by atoms with Crippen molar-refractivity contribution in [3.63, 3.8) is 0 Å². The zero-order valence-electron chi connectivity index (χ0n) is 25.2. The molecule has 1 spiro atoms. The summed E-state index contributed by atoms with van der Waals surface area (Å²) in [6.07, 6.45) is 2.61. The maximum absolute atomic E-state index is 13.2. The molecule has 8 heteroatoms. The van der Waals surface area contributed by atoms with E-state index in [1.165, 1.54) is 5.56 Å². The second kappa shape index (κ2) is 12.7. The number of benzene rings is 3. The molecule has 0 atom stereocenters. The molecule has 3 aromatic rings. The molecule has 0 bridgehead atoms.